The molecule has 134 valence electrons. The molecule has 7 heteroatoms. The normalized spacial score (nSPS) is 10.6. The second-order valence-corrected chi connectivity index (χ2v) is 5.43. The van der Waals surface area contributed by atoms with Gasteiger partial charge in [0.25, 0.3) is 0 Å². The van der Waals surface area contributed by atoms with E-state index < -0.39 is 0 Å². The Kier molecular flexibility index (Phi) is 6.77. The number of hydrogen-bond donors (Lipinski definition) is 1. The van der Waals surface area contributed by atoms with Gasteiger partial charge in [0.05, 0.1) is 46.2 Å². The maximum Gasteiger partial charge on any atom is 0.179 e. The Labute approximate surface area is 152 Å². The molecular formula is C18H21ClN2O4. The highest BCUT2D eigenvalue weighted by Gasteiger charge is 2.10. The minimum atomic E-state index is 0.461. The Morgan fingerprint density at radius 3 is 2.28 bits per heavy atom. The SMILES string of the molecule is COc1ccc(CN/N=C\c2cc(Cl)c(OC)c(OC)c2)cc1OC. The van der Waals surface area contributed by atoms with Crippen molar-refractivity contribution in [1.82, 2.24) is 5.43 Å². The Morgan fingerprint density at radius 1 is 0.920 bits per heavy atom. The summed E-state index contributed by atoms with van der Waals surface area (Å²) in [5, 5.41) is 4.67. The maximum absolute atomic E-state index is 6.17. The van der Waals surface area contributed by atoms with Crippen LogP contribution in [0.2, 0.25) is 5.02 Å². The van der Waals surface area contributed by atoms with E-state index >= 15 is 0 Å². The zero-order valence-electron chi connectivity index (χ0n) is 14.6. The number of hydrogen-bond acceptors (Lipinski definition) is 6. The monoisotopic (exact) mass is 364 g/mol. The lowest BCUT2D eigenvalue weighted by Gasteiger charge is -2.10. The van der Waals surface area contributed by atoms with Gasteiger partial charge in [-0.25, -0.2) is 0 Å². The zero-order valence-corrected chi connectivity index (χ0v) is 15.4. The highest BCUT2D eigenvalue weighted by atomic mass is 35.5. The van der Waals surface area contributed by atoms with Crippen molar-refractivity contribution in [2.24, 2.45) is 5.10 Å². The van der Waals surface area contributed by atoms with Gasteiger partial charge in [-0.1, -0.05) is 17.7 Å². The van der Waals surface area contributed by atoms with Crippen LogP contribution in [-0.4, -0.2) is 34.7 Å². The topological polar surface area (TPSA) is 61.3 Å². The average molecular weight is 365 g/mol. The van der Waals surface area contributed by atoms with Crippen LogP contribution in [0.15, 0.2) is 35.4 Å². The third-order valence-corrected chi connectivity index (χ3v) is 3.77. The third-order valence-electron chi connectivity index (χ3n) is 3.49. The van der Waals surface area contributed by atoms with E-state index in [1.54, 1.807) is 46.8 Å². The second kappa shape index (κ2) is 9.03. The molecule has 0 saturated heterocycles. The van der Waals surface area contributed by atoms with E-state index in [-0.39, 0.29) is 0 Å². The molecule has 0 amide bonds. The molecule has 0 heterocycles. The summed E-state index contributed by atoms with van der Waals surface area (Å²) in [4.78, 5) is 0. The van der Waals surface area contributed by atoms with E-state index in [1.165, 1.54) is 0 Å². The van der Waals surface area contributed by atoms with Crippen LogP contribution in [0.1, 0.15) is 11.1 Å². The number of methoxy groups -OCH3 is 4. The van der Waals surface area contributed by atoms with Crippen molar-refractivity contribution in [1.29, 1.82) is 0 Å². The van der Waals surface area contributed by atoms with E-state index in [1.807, 2.05) is 18.2 Å². The fourth-order valence-electron chi connectivity index (χ4n) is 2.26. The molecular weight excluding hydrogens is 344 g/mol. The van der Waals surface area contributed by atoms with Crippen LogP contribution in [0.5, 0.6) is 23.0 Å². The van der Waals surface area contributed by atoms with Gasteiger partial charge in [0.15, 0.2) is 23.0 Å². The van der Waals surface area contributed by atoms with Crippen LogP contribution in [0.3, 0.4) is 0 Å². The molecule has 25 heavy (non-hydrogen) atoms. The van der Waals surface area contributed by atoms with Crippen LogP contribution in [0.4, 0.5) is 0 Å². The average Bonchev–Trinajstić information content (AvgIpc) is 2.64. The fourth-order valence-corrected chi connectivity index (χ4v) is 2.56. The molecule has 0 radical (unpaired) electrons. The Morgan fingerprint density at radius 2 is 1.64 bits per heavy atom. The van der Waals surface area contributed by atoms with Gasteiger partial charge in [-0.15, -0.1) is 0 Å². The molecule has 0 atom stereocenters. The van der Waals surface area contributed by atoms with E-state index in [0.29, 0.717) is 34.6 Å². The standard InChI is InChI=1S/C18H21ClN2O4/c1-22-15-6-5-12(8-16(15)23-2)10-20-21-11-13-7-14(19)18(25-4)17(9-13)24-3/h5-9,11,20H,10H2,1-4H3/b21-11-. The van der Waals surface area contributed by atoms with Crippen LogP contribution in [0, 0.1) is 0 Å². The first-order valence-corrected chi connectivity index (χ1v) is 7.89. The van der Waals surface area contributed by atoms with Crippen molar-refractivity contribution < 1.29 is 18.9 Å². The maximum atomic E-state index is 6.17. The molecule has 1 N–H and O–H groups in total. The minimum absolute atomic E-state index is 0.461. The molecule has 0 fully saturated rings. The first-order chi connectivity index (χ1) is 12.1. The number of nitrogens with zero attached hydrogens (tertiary/aromatic N) is 1. The van der Waals surface area contributed by atoms with Crippen LogP contribution < -0.4 is 24.4 Å². The largest absolute Gasteiger partial charge is 0.493 e. The summed E-state index contributed by atoms with van der Waals surface area (Å²) in [7, 11) is 6.31. The van der Waals surface area contributed by atoms with Crippen LogP contribution in [0.25, 0.3) is 0 Å². The van der Waals surface area contributed by atoms with Crippen molar-refractivity contribution in [3.05, 3.63) is 46.5 Å². The predicted molar refractivity (Wildman–Crippen MR) is 98.5 cm³/mol. The van der Waals surface area contributed by atoms with E-state index in [4.69, 9.17) is 30.5 Å². The molecule has 2 rings (SSSR count). The molecule has 0 aromatic heterocycles. The number of ether oxygens (including phenoxy) is 4. The summed E-state index contributed by atoms with van der Waals surface area (Å²) in [5.74, 6) is 2.42. The van der Waals surface area contributed by atoms with Gasteiger partial charge in [0.2, 0.25) is 0 Å². The number of benzene rings is 2. The smallest absolute Gasteiger partial charge is 0.179 e. The summed E-state index contributed by atoms with van der Waals surface area (Å²) >= 11 is 6.17. The second-order valence-electron chi connectivity index (χ2n) is 5.02. The highest BCUT2D eigenvalue weighted by Crippen LogP contribution is 2.35. The summed E-state index contributed by atoms with van der Waals surface area (Å²) < 4.78 is 21.0. The van der Waals surface area contributed by atoms with Gasteiger partial charge in [-0.05, 0) is 35.4 Å². The quantitative estimate of drug-likeness (QED) is 0.574. The minimum Gasteiger partial charge on any atom is -0.493 e. The summed E-state index contributed by atoms with van der Waals surface area (Å²) in [6.07, 6.45) is 1.66. The molecule has 2 aromatic carbocycles. The van der Waals surface area contributed by atoms with Crippen molar-refractivity contribution in [2.75, 3.05) is 28.4 Å². The molecule has 6 nitrogen and oxygen atoms in total. The van der Waals surface area contributed by atoms with Gasteiger partial charge in [-0.2, -0.15) is 5.10 Å². The van der Waals surface area contributed by atoms with Gasteiger partial charge < -0.3 is 24.4 Å². The zero-order chi connectivity index (χ0) is 18.2. The molecule has 0 spiro atoms. The Bertz CT molecular complexity index is 750. The van der Waals surface area contributed by atoms with Gasteiger partial charge in [-0.3, -0.25) is 0 Å². The first kappa shape index (κ1) is 18.7. The van der Waals surface area contributed by atoms with Crippen molar-refractivity contribution >= 4 is 17.8 Å². The van der Waals surface area contributed by atoms with E-state index in [0.717, 1.165) is 11.1 Å². The van der Waals surface area contributed by atoms with Crippen LogP contribution in [-0.2, 0) is 6.54 Å². The van der Waals surface area contributed by atoms with Gasteiger partial charge >= 0.3 is 0 Å². The lowest BCUT2D eigenvalue weighted by Crippen LogP contribution is -2.06. The first-order valence-electron chi connectivity index (χ1n) is 7.51. The number of halogens is 1. The summed E-state index contributed by atoms with van der Waals surface area (Å²) in [6, 6.07) is 9.25. The molecule has 0 aliphatic heterocycles. The molecule has 0 unspecified atom stereocenters. The summed E-state index contributed by atoms with van der Waals surface area (Å²) in [6.45, 7) is 0.540. The Hall–Kier alpha value is -2.60. The number of hydrazone groups is 1. The molecule has 0 bridgehead atoms. The number of rotatable bonds is 8. The lowest BCUT2D eigenvalue weighted by atomic mass is 10.2. The van der Waals surface area contributed by atoms with Crippen molar-refractivity contribution in [3.63, 3.8) is 0 Å². The molecule has 0 aliphatic carbocycles. The number of nitrogens with one attached hydrogen (secondary N) is 1. The van der Waals surface area contributed by atoms with E-state index in [9.17, 15) is 0 Å². The highest BCUT2D eigenvalue weighted by molar-refractivity contribution is 6.32. The molecule has 0 saturated carbocycles. The Balaban J connectivity index is 2.03. The fraction of sp³-hybridized carbons (Fsp3) is 0.278. The molecule has 2 aromatic rings. The molecule has 0 aliphatic rings. The van der Waals surface area contributed by atoms with Crippen molar-refractivity contribution in [2.45, 2.75) is 6.54 Å². The van der Waals surface area contributed by atoms with Gasteiger partial charge in [0.1, 0.15) is 0 Å². The lowest BCUT2D eigenvalue weighted by molar-refractivity contribution is 0.354. The van der Waals surface area contributed by atoms with Crippen LogP contribution >= 0.6 is 11.6 Å². The van der Waals surface area contributed by atoms with E-state index in [2.05, 4.69) is 10.5 Å². The van der Waals surface area contributed by atoms with Crippen molar-refractivity contribution in [3.8, 4) is 23.0 Å². The van der Waals surface area contributed by atoms with Gasteiger partial charge in [0, 0.05) is 0 Å². The predicted octanol–water partition coefficient (Wildman–Crippen LogP) is 3.50. The third kappa shape index (κ3) is 4.70. The summed E-state index contributed by atoms with van der Waals surface area (Å²) in [5.41, 5.74) is 4.79.